The second kappa shape index (κ2) is 3.08. The smallest absolute Gasteiger partial charge is 0.255 e. The normalized spacial score (nSPS) is 10.9. The van der Waals surface area contributed by atoms with Crippen LogP contribution in [0.4, 0.5) is 10.1 Å². The van der Waals surface area contributed by atoms with Crippen LogP contribution >= 0.6 is 0 Å². The quantitative estimate of drug-likeness (QED) is 0.711. The highest BCUT2D eigenvalue weighted by atomic mass is 19.1. The van der Waals surface area contributed by atoms with Crippen molar-refractivity contribution >= 4 is 16.6 Å². The van der Waals surface area contributed by atoms with Crippen LogP contribution in [0, 0.1) is 12.7 Å². The molecule has 0 spiro atoms. The largest absolute Gasteiger partial charge is 0.398 e. The molecule has 4 heteroatoms. The highest BCUT2D eigenvalue weighted by Crippen LogP contribution is 2.22. The lowest BCUT2D eigenvalue weighted by Gasteiger charge is -2.09. The van der Waals surface area contributed by atoms with Gasteiger partial charge in [0.15, 0.2) is 0 Å². The molecule has 78 valence electrons. The molecule has 1 heterocycles. The number of aryl methyl sites for hydroxylation is 1. The Morgan fingerprint density at radius 2 is 2.07 bits per heavy atom. The van der Waals surface area contributed by atoms with E-state index in [-0.39, 0.29) is 11.4 Å². The van der Waals surface area contributed by atoms with Crippen molar-refractivity contribution in [2.24, 2.45) is 7.05 Å². The SMILES string of the molecule is Cc1c(N)c2cc(F)ccc2n(C)c1=O. The summed E-state index contributed by atoms with van der Waals surface area (Å²) < 4.78 is 14.5. The van der Waals surface area contributed by atoms with Crippen molar-refractivity contribution < 1.29 is 4.39 Å². The number of benzene rings is 1. The molecule has 2 aromatic rings. The molecule has 0 amide bonds. The number of anilines is 1. The van der Waals surface area contributed by atoms with Crippen LogP contribution in [0.1, 0.15) is 5.56 Å². The number of rotatable bonds is 0. The van der Waals surface area contributed by atoms with Gasteiger partial charge in [-0.2, -0.15) is 0 Å². The van der Waals surface area contributed by atoms with Crippen LogP contribution in [0.15, 0.2) is 23.0 Å². The number of nitrogens with zero attached hydrogens (tertiary/aromatic N) is 1. The Balaban J connectivity index is 3.07. The molecule has 0 saturated carbocycles. The van der Waals surface area contributed by atoms with Crippen molar-refractivity contribution in [2.75, 3.05) is 5.73 Å². The topological polar surface area (TPSA) is 48.0 Å². The molecule has 0 saturated heterocycles. The lowest BCUT2D eigenvalue weighted by atomic mass is 10.1. The number of hydrogen-bond acceptors (Lipinski definition) is 2. The first-order valence-corrected chi connectivity index (χ1v) is 4.56. The van der Waals surface area contributed by atoms with Crippen LogP contribution in [-0.2, 0) is 7.05 Å². The standard InChI is InChI=1S/C11H11FN2O/c1-6-10(13)8-5-7(12)3-4-9(8)14(2)11(6)15/h3-5H,13H2,1-2H3. The van der Waals surface area contributed by atoms with Crippen LogP contribution in [0.3, 0.4) is 0 Å². The first-order chi connectivity index (χ1) is 7.02. The van der Waals surface area contributed by atoms with E-state index in [0.29, 0.717) is 22.2 Å². The van der Waals surface area contributed by atoms with Gasteiger partial charge in [0.1, 0.15) is 5.82 Å². The monoisotopic (exact) mass is 206 g/mol. The van der Waals surface area contributed by atoms with Crippen molar-refractivity contribution in [1.82, 2.24) is 4.57 Å². The molecule has 0 bridgehead atoms. The Hall–Kier alpha value is -1.84. The van der Waals surface area contributed by atoms with E-state index in [1.165, 1.54) is 16.7 Å². The maximum Gasteiger partial charge on any atom is 0.255 e. The van der Waals surface area contributed by atoms with E-state index in [0.717, 1.165) is 0 Å². The molecule has 3 nitrogen and oxygen atoms in total. The van der Waals surface area contributed by atoms with Gasteiger partial charge in [-0.05, 0) is 25.1 Å². The molecule has 0 fully saturated rings. The van der Waals surface area contributed by atoms with Gasteiger partial charge in [0.2, 0.25) is 0 Å². The summed E-state index contributed by atoms with van der Waals surface area (Å²) in [5, 5.41) is 0.578. The summed E-state index contributed by atoms with van der Waals surface area (Å²) in [5.74, 6) is -0.354. The van der Waals surface area contributed by atoms with Crippen molar-refractivity contribution in [3.05, 3.63) is 39.9 Å². The molecule has 1 aromatic heterocycles. The minimum absolute atomic E-state index is 0.147. The number of nitrogen functional groups attached to an aromatic ring is 1. The van der Waals surface area contributed by atoms with Gasteiger partial charge in [-0.15, -0.1) is 0 Å². The second-order valence-electron chi connectivity index (χ2n) is 3.56. The fraction of sp³-hybridized carbons (Fsp3) is 0.182. The molecular formula is C11H11FN2O. The number of aromatic nitrogens is 1. The summed E-state index contributed by atoms with van der Waals surface area (Å²) in [7, 11) is 1.65. The van der Waals surface area contributed by atoms with E-state index in [9.17, 15) is 9.18 Å². The van der Waals surface area contributed by atoms with Gasteiger partial charge in [0.25, 0.3) is 5.56 Å². The van der Waals surface area contributed by atoms with Crippen LogP contribution in [0.2, 0.25) is 0 Å². The van der Waals surface area contributed by atoms with Gasteiger partial charge in [-0.3, -0.25) is 4.79 Å². The van der Waals surface area contributed by atoms with Gasteiger partial charge in [0, 0.05) is 23.7 Å². The Morgan fingerprint density at radius 3 is 2.73 bits per heavy atom. The Labute approximate surface area is 85.9 Å². The Bertz CT molecular complexity index is 602. The Kier molecular flexibility index (Phi) is 2.00. The van der Waals surface area contributed by atoms with E-state index >= 15 is 0 Å². The van der Waals surface area contributed by atoms with Crippen LogP contribution in [0.25, 0.3) is 10.9 Å². The molecule has 0 radical (unpaired) electrons. The second-order valence-corrected chi connectivity index (χ2v) is 3.56. The summed E-state index contributed by atoms with van der Waals surface area (Å²) in [4.78, 5) is 11.7. The van der Waals surface area contributed by atoms with Crippen molar-refractivity contribution in [3.8, 4) is 0 Å². The van der Waals surface area contributed by atoms with E-state index in [4.69, 9.17) is 5.73 Å². The highest BCUT2D eigenvalue weighted by Gasteiger charge is 2.09. The lowest BCUT2D eigenvalue weighted by molar-refractivity contribution is 0.629. The summed E-state index contributed by atoms with van der Waals surface area (Å²) in [6.45, 7) is 1.64. The number of pyridine rings is 1. The van der Waals surface area contributed by atoms with Crippen LogP contribution in [-0.4, -0.2) is 4.57 Å². The zero-order chi connectivity index (χ0) is 11.2. The van der Waals surface area contributed by atoms with Crippen molar-refractivity contribution in [2.45, 2.75) is 6.92 Å². The third-order valence-electron chi connectivity index (χ3n) is 2.64. The zero-order valence-corrected chi connectivity index (χ0v) is 8.54. The zero-order valence-electron chi connectivity index (χ0n) is 8.54. The molecular weight excluding hydrogens is 195 g/mol. The average Bonchev–Trinajstić information content (AvgIpc) is 2.23. The van der Waals surface area contributed by atoms with Gasteiger partial charge >= 0.3 is 0 Å². The Morgan fingerprint density at radius 1 is 1.40 bits per heavy atom. The number of nitrogens with two attached hydrogens (primary N) is 1. The van der Waals surface area contributed by atoms with E-state index in [1.807, 2.05) is 0 Å². The summed E-state index contributed by atoms with van der Waals surface area (Å²) in [5.41, 5.74) is 7.08. The number of halogens is 1. The van der Waals surface area contributed by atoms with Gasteiger partial charge in [-0.1, -0.05) is 0 Å². The molecule has 0 aliphatic carbocycles. The minimum atomic E-state index is -0.354. The molecule has 2 rings (SSSR count). The molecule has 0 aliphatic heterocycles. The molecule has 0 unspecified atom stereocenters. The van der Waals surface area contributed by atoms with Crippen LogP contribution < -0.4 is 11.3 Å². The van der Waals surface area contributed by atoms with Gasteiger partial charge < -0.3 is 10.3 Å². The van der Waals surface area contributed by atoms with Crippen molar-refractivity contribution in [1.29, 1.82) is 0 Å². The summed E-state index contributed by atoms with van der Waals surface area (Å²) >= 11 is 0. The fourth-order valence-electron chi connectivity index (χ4n) is 1.69. The maximum absolute atomic E-state index is 13.0. The first kappa shape index (κ1) is 9.71. The molecule has 0 aliphatic rings. The third-order valence-corrected chi connectivity index (χ3v) is 2.64. The predicted octanol–water partition coefficient (Wildman–Crippen LogP) is 1.57. The summed E-state index contributed by atoms with van der Waals surface area (Å²) in [6.07, 6.45) is 0. The molecule has 2 N–H and O–H groups in total. The lowest BCUT2D eigenvalue weighted by Crippen LogP contribution is -2.21. The van der Waals surface area contributed by atoms with Crippen LogP contribution in [0.5, 0.6) is 0 Å². The highest BCUT2D eigenvalue weighted by molar-refractivity contribution is 5.91. The van der Waals surface area contributed by atoms with E-state index in [2.05, 4.69) is 0 Å². The van der Waals surface area contributed by atoms with Gasteiger partial charge in [-0.25, -0.2) is 4.39 Å². The predicted molar refractivity (Wildman–Crippen MR) is 58.3 cm³/mol. The third kappa shape index (κ3) is 1.29. The molecule has 0 atom stereocenters. The molecule has 15 heavy (non-hydrogen) atoms. The maximum atomic E-state index is 13.0. The first-order valence-electron chi connectivity index (χ1n) is 4.56. The molecule has 1 aromatic carbocycles. The average molecular weight is 206 g/mol. The van der Waals surface area contributed by atoms with E-state index in [1.54, 1.807) is 20.0 Å². The van der Waals surface area contributed by atoms with Crippen molar-refractivity contribution in [3.63, 3.8) is 0 Å². The van der Waals surface area contributed by atoms with E-state index < -0.39 is 0 Å². The van der Waals surface area contributed by atoms with Gasteiger partial charge in [0.05, 0.1) is 5.52 Å². The number of hydrogen-bond donors (Lipinski definition) is 1. The number of fused-ring (bicyclic) bond motifs is 1. The fourth-order valence-corrected chi connectivity index (χ4v) is 1.69. The summed E-state index contributed by atoms with van der Waals surface area (Å²) in [6, 6.07) is 4.22. The minimum Gasteiger partial charge on any atom is -0.398 e.